The van der Waals surface area contributed by atoms with Gasteiger partial charge in [0.15, 0.2) is 0 Å². The highest BCUT2D eigenvalue weighted by Crippen LogP contribution is 2.30. The van der Waals surface area contributed by atoms with Gasteiger partial charge >= 0.3 is 6.09 Å². The third-order valence-corrected chi connectivity index (χ3v) is 3.74. The lowest BCUT2D eigenvalue weighted by Gasteiger charge is -2.30. The third-order valence-electron chi connectivity index (χ3n) is 3.74. The van der Waals surface area contributed by atoms with Crippen LogP contribution in [-0.2, 0) is 24.8 Å². The molecule has 2 rings (SSSR count). The molecule has 0 N–H and O–H groups in total. The second-order valence-electron chi connectivity index (χ2n) is 6.34. The van der Waals surface area contributed by atoms with E-state index < -0.39 is 5.60 Å². The minimum Gasteiger partial charge on any atom is -0.444 e. The van der Waals surface area contributed by atoms with Crippen molar-refractivity contribution in [1.29, 1.82) is 0 Å². The molecule has 0 spiro atoms. The van der Waals surface area contributed by atoms with Crippen LogP contribution in [0, 0.1) is 0 Å². The molecule has 0 radical (unpaired) electrons. The molecule has 1 aromatic heterocycles. The van der Waals surface area contributed by atoms with Crippen molar-refractivity contribution in [2.45, 2.75) is 53.2 Å². The monoisotopic (exact) mass is 318 g/mol. The predicted octanol–water partition coefficient (Wildman–Crippen LogP) is 4.63. The Hall–Kier alpha value is -1.97. The van der Waals surface area contributed by atoms with E-state index in [-0.39, 0.29) is 6.09 Å². The van der Waals surface area contributed by atoms with Gasteiger partial charge in [-0.3, -0.25) is 0 Å². The highest BCUT2D eigenvalue weighted by molar-refractivity contribution is 5.71. The summed E-state index contributed by atoms with van der Waals surface area (Å²) >= 11 is 0. The van der Waals surface area contributed by atoms with Gasteiger partial charge in [0.2, 0.25) is 0 Å². The highest BCUT2D eigenvalue weighted by atomic mass is 16.6. The van der Waals surface area contributed by atoms with Crippen LogP contribution in [0.3, 0.4) is 0 Å². The van der Waals surface area contributed by atoms with Crippen molar-refractivity contribution >= 4 is 18.2 Å². The van der Waals surface area contributed by atoms with Crippen molar-refractivity contribution in [2.24, 2.45) is 7.05 Å². The van der Waals surface area contributed by atoms with E-state index in [2.05, 4.69) is 17.7 Å². The summed E-state index contributed by atoms with van der Waals surface area (Å²) in [4.78, 5) is 14.0. The van der Waals surface area contributed by atoms with E-state index in [1.807, 2.05) is 53.8 Å². The van der Waals surface area contributed by atoms with Crippen molar-refractivity contribution in [1.82, 2.24) is 9.47 Å². The Morgan fingerprint density at radius 1 is 1.22 bits per heavy atom. The number of amides is 1. The minimum absolute atomic E-state index is 0.255. The van der Waals surface area contributed by atoms with E-state index in [9.17, 15) is 4.79 Å². The van der Waals surface area contributed by atoms with Crippen molar-refractivity contribution in [3.8, 4) is 0 Å². The highest BCUT2D eigenvalue weighted by Gasteiger charge is 2.29. The van der Waals surface area contributed by atoms with Crippen LogP contribution in [0.2, 0.25) is 0 Å². The number of hydrogen-bond donors (Lipinski definition) is 0. The summed E-state index contributed by atoms with van der Waals surface area (Å²) in [5, 5.41) is 0. The van der Waals surface area contributed by atoms with Crippen LogP contribution >= 0.6 is 0 Å². The lowest BCUT2D eigenvalue weighted by molar-refractivity contribution is 0.0219. The minimum atomic E-state index is -0.468. The van der Waals surface area contributed by atoms with Gasteiger partial charge in [0.25, 0.3) is 0 Å². The molecule has 128 valence electrons. The average molecular weight is 318 g/mol. The summed E-state index contributed by atoms with van der Waals surface area (Å²) in [6, 6.07) is 0. The number of rotatable bonds is 2. The molecule has 0 saturated heterocycles. The van der Waals surface area contributed by atoms with Crippen LogP contribution in [0.1, 0.15) is 57.1 Å². The molecule has 0 aliphatic carbocycles. The molecule has 1 aromatic rings. The standard InChI is InChI=1S/C17H24N2O2.C2H6/c1-7-12-13-9-10-19(16(20)21-17(3,4)5)11-15(13)18(6)14(12)8-2;1-2/h7-8H,1-2,9-11H2,3-6H3;1-2H3. The van der Waals surface area contributed by atoms with E-state index in [1.165, 1.54) is 5.56 Å². The lowest BCUT2D eigenvalue weighted by Crippen LogP contribution is -2.40. The van der Waals surface area contributed by atoms with Gasteiger partial charge in [-0.1, -0.05) is 33.1 Å². The second kappa shape index (κ2) is 7.53. The molecule has 0 unspecified atom stereocenters. The molecule has 0 aromatic carbocycles. The maximum Gasteiger partial charge on any atom is 0.410 e. The van der Waals surface area contributed by atoms with Crippen molar-refractivity contribution in [2.75, 3.05) is 6.54 Å². The summed E-state index contributed by atoms with van der Waals surface area (Å²) in [6.45, 7) is 18.7. The molecular formula is C19H30N2O2. The van der Waals surface area contributed by atoms with E-state index in [1.54, 1.807) is 4.90 Å². The molecule has 2 heterocycles. The van der Waals surface area contributed by atoms with Gasteiger partial charge in [-0.2, -0.15) is 0 Å². The largest absolute Gasteiger partial charge is 0.444 e. The quantitative estimate of drug-likeness (QED) is 0.796. The van der Waals surface area contributed by atoms with E-state index in [4.69, 9.17) is 4.74 Å². The van der Waals surface area contributed by atoms with Gasteiger partial charge < -0.3 is 14.2 Å². The summed E-state index contributed by atoms with van der Waals surface area (Å²) in [6.07, 6.45) is 4.28. The first-order valence-electron chi connectivity index (χ1n) is 8.21. The van der Waals surface area contributed by atoms with Gasteiger partial charge in [0, 0.05) is 30.5 Å². The normalized spacial score (nSPS) is 13.6. The molecule has 1 aliphatic heterocycles. The molecule has 0 fully saturated rings. The van der Waals surface area contributed by atoms with Gasteiger partial charge in [0.1, 0.15) is 5.60 Å². The molecule has 23 heavy (non-hydrogen) atoms. The first kappa shape index (κ1) is 19.1. The average Bonchev–Trinajstić information content (AvgIpc) is 2.78. The Kier molecular flexibility index (Phi) is 6.25. The number of nitrogens with zero attached hydrogens (tertiary/aromatic N) is 2. The van der Waals surface area contributed by atoms with Gasteiger partial charge in [0.05, 0.1) is 6.54 Å². The Balaban J connectivity index is 0.00000127. The molecule has 4 heteroatoms. The van der Waals surface area contributed by atoms with E-state index in [0.717, 1.165) is 23.4 Å². The summed E-state index contributed by atoms with van der Waals surface area (Å²) in [7, 11) is 2.00. The molecule has 1 aliphatic rings. The van der Waals surface area contributed by atoms with Crippen LogP contribution in [0.4, 0.5) is 4.79 Å². The van der Waals surface area contributed by atoms with Crippen LogP contribution in [0.15, 0.2) is 13.2 Å². The molecule has 0 saturated carbocycles. The zero-order valence-corrected chi connectivity index (χ0v) is 15.4. The number of hydrogen-bond acceptors (Lipinski definition) is 2. The fraction of sp³-hybridized carbons (Fsp3) is 0.526. The summed E-state index contributed by atoms with van der Waals surface area (Å²) in [5.74, 6) is 0. The maximum absolute atomic E-state index is 12.2. The number of fused-ring (bicyclic) bond motifs is 1. The second-order valence-corrected chi connectivity index (χ2v) is 6.34. The summed E-state index contributed by atoms with van der Waals surface area (Å²) < 4.78 is 7.55. The van der Waals surface area contributed by atoms with Gasteiger partial charge in [-0.15, -0.1) is 0 Å². The smallest absolute Gasteiger partial charge is 0.410 e. The maximum atomic E-state index is 12.2. The zero-order valence-electron chi connectivity index (χ0n) is 15.4. The first-order chi connectivity index (χ1) is 10.8. The molecule has 0 bridgehead atoms. The number of carbonyl (C=O) groups is 1. The van der Waals surface area contributed by atoms with Crippen LogP contribution in [0.25, 0.3) is 12.2 Å². The van der Waals surface area contributed by atoms with Crippen molar-refractivity contribution < 1.29 is 9.53 Å². The Morgan fingerprint density at radius 3 is 2.30 bits per heavy atom. The fourth-order valence-electron chi connectivity index (χ4n) is 2.78. The van der Waals surface area contributed by atoms with Gasteiger partial charge in [-0.05, 0) is 38.8 Å². The Bertz CT molecular complexity index is 591. The lowest BCUT2D eigenvalue weighted by atomic mass is 10.0. The molecule has 0 atom stereocenters. The Morgan fingerprint density at radius 2 is 1.83 bits per heavy atom. The van der Waals surface area contributed by atoms with Crippen LogP contribution < -0.4 is 0 Å². The van der Waals surface area contributed by atoms with E-state index >= 15 is 0 Å². The molecule has 1 amide bonds. The van der Waals surface area contributed by atoms with E-state index in [0.29, 0.717) is 13.1 Å². The number of ether oxygens (including phenoxy) is 1. The van der Waals surface area contributed by atoms with Crippen molar-refractivity contribution in [3.05, 3.63) is 35.7 Å². The summed E-state index contributed by atoms with van der Waals surface area (Å²) in [5.41, 5.74) is 4.12. The first-order valence-corrected chi connectivity index (χ1v) is 8.21. The van der Waals surface area contributed by atoms with Crippen LogP contribution in [-0.4, -0.2) is 27.7 Å². The topological polar surface area (TPSA) is 34.5 Å². The zero-order chi connectivity index (χ0) is 17.8. The van der Waals surface area contributed by atoms with Crippen LogP contribution in [0.5, 0.6) is 0 Å². The number of aromatic nitrogens is 1. The fourth-order valence-corrected chi connectivity index (χ4v) is 2.78. The molecule has 4 nitrogen and oxygen atoms in total. The molecular weight excluding hydrogens is 288 g/mol. The third kappa shape index (κ3) is 4.06. The van der Waals surface area contributed by atoms with Crippen molar-refractivity contribution in [3.63, 3.8) is 0 Å². The van der Waals surface area contributed by atoms with Gasteiger partial charge in [-0.25, -0.2) is 4.79 Å². The predicted molar refractivity (Wildman–Crippen MR) is 97.3 cm³/mol. The Labute approximate surface area is 140 Å². The number of carbonyl (C=O) groups excluding carboxylic acids is 1. The SMILES string of the molecule is C=Cc1c2c(n(C)c1C=C)CN(C(=O)OC(C)(C)C)CC2.CC.